The summed E-state index contributed by atoms with van der Waals surface area (Å²) in [6.45, 7) is 13.2. The van der Waals surface area contributed by atoms with Crippen LogP contribution in [0.2, 0.25) is 0 Å². The van der Waals surface area contributed by atoms with Crippen molar-refractivity contribution < 1.29 is 63.2 Å². The Bertz CT molecular complexity index is 1560. The highest BCUT2D eigenvalue weighted by Crippen LogP contribution is 2.71. The number of hydrogen-bond donors (Lipinski definition) is 4. The van der Waals surface area contributed by atoms with Crippen LogP contribution < -0.4 is 0 Å². The predicted octanol–water partition coefficient (Wildman–Crippen LogP) is 3.24. The summed E-state index contributed by atoms with van der Waals surface area (Å²) < 4.78 is 38.6. The number of Topliss-reactive ketones (excluding diaryl/α,β-unsaturated/α-hetero) is 1. The van der Waals surface area contributed by atoms with E-state index in [0.29, 0.717) is 0 Å². The fourth-order valence-electron chi connectivity index (χ4n) is 9.78. The van der Waals surface area contributed by atoms with Gasteiger partial charge < -0.3 is 48.8 Å². The maximum atomic E-state index is 14.2. The molecule has 3 saturated heterocycles. The van der Waals surface area contributed by atoms with Crippen molar-refractivity contribution in [2.75, 3.05) is 19.8 Å². The molecule has 54 heavy (non-hydrogen) atoms. The van der Waals surface area contributed by atoms with E-state index in [1.54, 1.807) is 26.0 Å². The van der Waals surface area contributed by atoms with Gasteiger partial charge in [-0.25, -0.2) is 0 Å². The summed E-state index contributed by atoms with van der Waals surface area (Å²) in [6.07, 6.45) is 6.96. The molecule has 0 amide bonds. The Balaban J connectivity index is 1.60. The Morgan fingerprint density at radius 1 is 1.02 bits per heavy atom. The van der Waals surface area contributed by atoms with Crippen molar-refractivity contribution in [2.45, 2.75) is 152 Å². The van der Waals surface area contributed by atoms with Crippen LogP contribution in [0.4, 0.5) is 0 Å². The van der Waals surface area contributed by atoms with E-state index in [1.165, 1.54) is 13.0 Å². The van der Waals surface area contributed by atoms with E-state index >= 15 is 0 Å². The number of unbranched alkanes of at least 4 members (excludes halogenated alkanes) is 3. The zero-order valence-corrected chi connectivity index (χ0v) is 32.9. The number of hydrogen-bond acceptors (Lipinski definition) is 13. The minimum atomic E-state index is -2.61. The first-order valence-corrected chi connectivity index (χ1v) is 19.7. The molecule has 2 bridgehead atoms. The van der Waals surface area contributed by atoms with Gasteiger partial charge in [0.2, 0.25) is 0 Å². The zero-order chi connectivity index (χ0) is 39.6. The number of ether oxygens (including phenoxy) is 6. The van der Waals surface area contributed by atoms with Gasteiger partial charge in [-0.05, 0) is 57.1 Å². The van der Waals surface area contributed by atoms with E-state index < -0.39 is 107 Å². The van der Waals surface area contributed by atoms with E-state index in [4.69, 9.17) is 28.4 Å². The van der Waals surface area contributed by atoms with Crippen molar-refractivity contribution in [2.24, 2.45) is 29.6 Å². The summed E-state index contributed by atoms with van der Waals surface area (Å²) in [4.78, 5) is 41.3. The van der Waals surface area contributed by atoms with Gasteiger partial charge in [0.1, 0.15) is 42.2 Å². The van der Waals surface area contributed by atoms with Crippen LogP contribution in [-0.4, -0.2) is 116 Å². The molecule has 0 spiro atoms. The second-order valence-corrected chi connectivity index (χ2v) is 17.6. The normalized spacial score (nSPS) is 44.9. The van der Waals surface area contributed by atoms with Crippen LogP contribution >= 0.6 is 0 Å². The molecule has 3 aliphatic heterocycles. The molecule has 0 aromatic carbocycles. The average Bonchev–Trinajstić information content (AvgIpc) is 4.01. The standard InChI is InChI=1S/C41H60O13/c1-9-10-11-12-13-14-15-16-37(8)52-34-30-33-38(21-42,53-33)35(46)39(47)27(19-25(6)31(39)45)40(30,54-37)26(20-49-28(43)17-23(2)3)32(51-29(44)18-24(4)5)41(34,48)36(7)22-50-36/h13-16,19,23-24,26-27,30,32-35,42,46-48H,9-12,17-18,20-22H2,1-8H3/b14-13+,16-15+/t26-,27-,30+,32?,33+,34-,35-,36?,37?,38+,39-,40+,41+/m1/s1. The number of allylic oxidation sites excluding steroid dienone is 3. The predicted molar refractivity (Wildman–Crippen MR) is 193 cm³/mol. The van der Waals surface area contributed by atoms with Crippen LogP contribution in [0.1, 0.15) is 93.9 Å². The van der Waals surface area contributed by atoms with Crippen molar-refractivity contribution in [3.63, 3.8) is 0 Å². The highest BCUT2D eigenvalue weighted by atomic mass is 16.7. The third kappa shape index (κ3) is 6.34. The van der Waals surface area contributed by atoms with Crippen molar-refractivity contribution in [1.29, 1.82) is 0 Å². The number of ketones is 1. The lowest BCUT2D eigenvalue weighted by Gasteiger charge is -2.67. The maximum absolute atomic E-state index is 14.2. The molecule has 6 rings (SSSR count). The lowest BCUT2D eigenvalue weighted by molar-refractivity contribution is -0.438. The molecule has 0 aromatic rings. The van der Waals surface area contributed by atoms with Gasteiger partial charge in [-0.15, -0.1) is 0 Å². The first-order valence-electron chi connectivity index (χ1n) is 19.7. The van der Waals surface area contributed by atoms with E-state index in [1.807, 2.05) is 39.8 Å². The SMILES string of the molecule is CCCCC/C=C/C=C/C1(C)O[C@@H]2[C@@H]3[C@@H]4O[C@]4(CO)[C@@H](O)[C@]4(O)C(=O)C(C)=C[C@H]4[C@@]3(O1)[C@H](COC(=O)CC(C)C)C(OC(=O)CC(C)C)[C@@]2(O)C1(C)CO1. The summed E-state index contributed by atoms with van der Waals surface area (Å²) in [5.74, 6) is -7.66. The topological polar surface area (TPSA) is 194 Å². The number of aliphatic hydroxyl groups excluding tert-OH is 2. The van der Waals surface area contributed by atoms with Gasteiger partial charge in [0, 0.05) is 24.7 Å². The van der Waals surface area contributed by atoms with Crippen molar-refractivity contribution >= 4 is 17.7 Å². The molecule has 4 N–H and O–H groups in total. The van der Waals surface area contributed by atoms with Crippen LogP contribution in [0.25, 0.3) is 0 Å². The Kier molecular flexibility index (Phi) is 11.0. The quantitative estimate of drug-likeness (QED) is 0.0824. The van der Waals surface area contributed by atoms with Crippen molar-refractivity contribution in [1.82, 2.24) is 0 Å². The third-order valence-corrected chi connectivity index (χ3v) is 12.6. The Hall–Kier alpha value is -2.49. The second kappa shape index (κ2) is 14.5. The van der Waals surface area contributed by atoms with Gasteiger partial charge in [-0.1, -0.05) is 71.8 Å². The average molecular weight is 761 g/mol. The first kappa shape index (κ1) is 41.2. The number of aliphatic hydroxyl groups is 4. The van der Waals surface area contributed by atoms with Crippen LogP contribution in [0.15, 0.2) is 36.0 Å². The molecule has 5 fully saturated rings. The van der Waals surface area contributed by atoms with E-state index in [-0.39, 0.29) is 36.9 Å². The monoisotopic (exact) mass is 760 g/mol. The molecule has 0 radical (unpaired) electrons. The molecule has 13 atom stereocenters. The molecule has 3 heterocycles. The van der Waals surface area contributed by atoms with Crippen molar-refractivity contribution in [3.05, 3.63) is 36.0 Å². The first-order chi connectivity index (χ1) is 25.3. The lowest BCUT2D eigenvalue weighted by Crippen LogP contribution is -2.84. The fraction of sp³-hybridized carbons (Fsp3) is 0.780. The molecule has 0 aromatic heterocycles. The van der Waals surface area contributed by atoms with Gasteiger partial charge >= 0.3 is 11.9 Å². The Morgan fingerprint density at radius 2 is 1.69 bits per heavy atom. The molecule has 13 nitrogen and oxygen atoms in total. The minimum Gasteiger partial charge on any atom is -0.465 e. The van der Waals surface area contributed by atoms with E-state index in [0.717, 1.165) is 25.7 Å². The maximum Gasteiger partial charge on any atom is 0.306 e. The number of fused-ring (bicyclic) bond motifs is 2. The summed E-state index contributed by atoms with van der Waals surface area (Å²) in [5, 5.41) is 49.1. The highest BCUT2D eigenvalue weighted by Gasteiger charge is 2.89. The number of epoxide rings is 2. The number of carbonyl (C=O) groups is 3. The van der Waals surface area contributed by atoms with Gasteiger partial charge in [-0.2, -0.15) is 0 Å². The zero-order valence-electron chi connectivity index (χ0n) is 32.9. The molecule has 3 aliphatic carbocycles. The molecular formula is C41H60O13. The third-order valence-electron chi connectivity index (χ3n) is 12.6. The lowest BCUT2D eigenvalue weighted by atomic mass is 9.51. The minimum absolute atomic E-state index is 0.0131. The molecule has 2 saturated carbocycles. The largest absolute Gasteiger partial charge is 0.465 e. The van der Waals surface area contributed by atoms with Gasteiger partial charge in [0.25, 0.3) is 0 Å². The van der Waals surface area contributed by atoms with E-state index in [2.05, 4.69) is 6.92 Å². The summed E-state index contributed by atoms with van der Waals surface area (Å²) in [7, 11) is 0. The summed E-state index contributed by atoms with van der Waals surface area (Å²) in [5.41, 5.74) is -9.75. The molecular weight excluding hydrogens is 700 g/mol. The van der Waals surface area contributed by atoms with Crippen LogP contribution in [0.3, 0.4) is 0 Å². The van der Waals surface area contributed by atoms with E-state index in [9.17, 15) is 34.8 Å². The Labute approximate surface area is 318 Å². The van der Waals surface area contributed by atoms with Gasteiger partial charge in [-0.3, -0.25) is 14.4 Å². The number of rotatable bonds is 15. The van der Waals surface area contributed by atoms with Crippen LogP contribution in [0, 0.1) is 29.6 Å². The Morgan fingerprint density at radius 3 is 2.30 bits per heavy atom. The van der Waals surface area contributed by atoms with Crippen molar-refractivity contribution in [3.8, 4) is 0 Å². The summed E-state index contributed by atoms with van der Waals surface area (Å²) in [6, 6.07) is 0. The fourth-order valence-corrected chi connectivity index (χ4v) is 9.78. The van der Waals surface area contributed by atoms with Crippen LogP contribution in [-0.2, 0) is 42.8 Å². The smallest absolute Gasteiger partial charge is 0.306 e. The second-order valence-electron chi connectivity index (χ2n) is 17.6. The molecule has 6 aliphatic rings. The van der Waals surface area contributed by atoms with Gasteiger partial charge in [0.05, 0.1) is 24.7 Å². The number of carbonyl (C=O) groups excluding carboxylic acids is 3. The van der Waals surface area contributed by atoms with Gasteiger partial charge in [0.15, 0.2) is 22.8 Å². The number of esters is 2. The summed E-state index contributed by atoms with van der Waals surface area (Å²) >= 11 is 0. The molecule has 3 unspecified atom stereocenters. The molecule has 302 valence electrons. The highest BCUT2D eigenvalue weighted by molar-refractivity contribution is 6.05. The van der Waals surface area contributed by atoms with Crippen LogP contribution in [0.5, 0.6) is 0 Å². The molecule has 13 heteroatoms.